The van der Waals surface area contributed by atoms with Gasteiger partial charge in [0.2, 0.25) is 5.91 Å². The van der Waals surface area contributed by atoms with Gasteiger partial charge in [0.15, 0.2) is 0 Å². The number of rotatable bonds is 2. The van der Waals surface area contributed by atoms with Gasteiger partial charge in [0.05, 0.1) is 0 Å². The van der Waals surface area contributed by atoms with E-state index in [0.29, 0.717) is 36.9 Å². The summed E-state index contributed by atoms with van der Waals surface area (Å²) >= 11 is 0. The number of hydrogen-bond acceptors (Lipinski definition) is 2. The third-order valence-electron chi connectivity index (χ3n) is 6.35. The molecular weight excluding hydrogens is 314 g/mol. The van der Waals surface area contributed by atoms with Gasteiger partial charge in [-0.15, -0.1) is 0 Å². The Morgan fingerprint density at radius 2 is 1.76 bits per heavy atom. The van der Waals surface area contributed by atoms with E-state index in [9.17, 15) is 9.59 Å². The van der Waals surface area contributed by atoms with E-state index >= 15 is 0 Å². The van der Waals surface area contributed by atoms with Gasteiger partial charge in [0.25, 0.3) is 0 Å². The molecule has 1 N–H and O–H groups in total. The summed E-state index contributed by atoms with van der Waals surface area (Å²) in [4.78, 5) is 28.8. The largest absolute Gasteiger partial charge is 0.341 e. The highest BCUT2D eigenvalue weighted by Gasteiger charge is 2.56. The van der Waals surface area contributed by atoms with E-state index in [1.165, 1.54) is 11.1 Å². The Morgan fingerprint density at radius 1 is 1.00 bits per heavy atom. The minimum Gasteiger partial charge on any atom is -0.341 e. The second kappa shape index (κ2) is 5.75. The average Bonchev–Trinajstić information content (AvgIpc) is 3.52. The second-order valence-electron chi connectivity index (χ2n) is 8.01. The lowest BCUT2D eigenvalue weighted by Crippen LogP contribution is -2.44. The number of carbonyl (C=O) groups excluding carboxylic acids is 2. The lowest BCUT2D eigenvalue weighted by atomic mass is 10.1. The highest BCUT2D eigenvalue weighted by atomic mass is 16.2. The van der Waals surface area contributed by atoms with Gasteiger partial charge in [-0.1, -0.05) is 24.3 Å². The van der Waals surface area contributed by atoms with Gasteiger partial charge in [0, 0.05) is 44.1 Å². The molecule has 2 saturated carbocycles. The summed E-state index contributed by atoms with van der Waals surface area (Å²) in [6, 6.07) is 8.97. The van der Waals surface area contributed by atoms with Crippen molar-refractivity contribution in [3.8, 4) is 0 Å². The first-order valence-electron chi connectivity index (χ1n) is 9.64. The third kappa shape index (κ3) is 2.70. The molecule has 0 bridgehead atoms. The van der Waals surface area contributed by atoms with Crippen LogP contribution in [0.5, 0.6) is 0 Å². The van der Waals surface area contributed by atoms with Crippen molar-refractivity contribution in [3.05, 3.63) is 35.4 Å². The molecule has 0 aromatic heterocycles. The van der Waals surface area contributed by atoms with Crippen LogP contribution in [0.25, 0.3) is 0 Å². The molecule has 5 heteroatoms. The summed E-state index contributed by atoms with van der Waals surface area (Å²) in [7, 11) is 0. The van der Waals surface area contributed by atoms with Gasteiger partial charge in [-0.05, 0) is 42.7 Å². The fraction of sp³-hybridized carbons (Fsp3) is 0.600. The molecule has 1 heterocycles. The maximum atomic E-state index is 12.7. The van der Waals surface area contributed by atoms with E-state index in [-0.39, 0.29) is 11.9 Å². The van der Waals surface area contributed by atoms with Crippen LogP contribution < -0.4 is 5.32 Å². The standard InChI is InChI=1S/C20H25N3O2/c24-19(13-6-7-13)22-8-3-9-23(11-10-22)20(25)21-18-16-12-14-4-1-2-5-15(14)17(16)18/h1-2,4-5,13,16-18H,3,6-12H2,(H,21,25)/t16-,17-,18-/m1/s1. The van der Waals surface area contributed by atoms with E-state index in [0.717, 1.165) is 38.8 Å². The molecule has 1 aromatic rings. The summed E-state index contributed by atoms with van der Waals surface area (Å²) < 4.78 is 0. The molecular formula is C20H25N3O2. The van der Waals surface area contributed by atoms with Crippen LogP contribution in [-0.2, 0) is 11.2 Å². The molecule has 25 heavy (non-hydrogen) atoms. The summed E-state index contributed by atoms with van der Waals surface area (Å²) in [6.45, 7) is 2.88. The highest BCUT2D eigenvalue weighted by Crippen LogP contribution is 2.56. The van der Waals surface area contributed by atoms with Crippen molar-refractivity contribution >= 4 is 11.9 Å². The van der Waals surface area contributed by atoms with Gasteiger partial charge < -0.3 is 15.1 Å². The molecule has 1 aliphatic heterocycles. The predicted octanol–water partition coefficient (Wildman–Crippen LogP) is 1.98. The number of nitrogens with zero attached hydrogens (tertiary/aromatic N) is 2. The first kappa shape index (κ1) is 15.2. The fourth-order valence-electron chi connectivity index (χ4n) is 4.71. The molecule has 0 spiro atoms. The fourth-order valence-corrected chi connectivity index (χ4v) is 4.71. The lowest BCUT2D eigenvalue weighted by molar-refractivity contribution is -0.132. The van der Waals surface area contributed by atoms with Crippen LogP contribution in [0.2, 0.25) is 0 Å². The first-order chi connectivity index (χ1) is 12.2. The summed E-state index contributed by atoms with van der Waals surface area (Å²) in [5.74, 6) is 1.67. The van der Waals surface area contributed by atoms with Crippen LogP contribution in [0.1, 0.15) is 36.3 Å². The molecule has 4 aliphatic rings. The van der Waals surface area contributed by atoms with Crippen LogP contribution in [0, 0.1) is 11.8 Å². The molecule has 132 valence electrons. The Kier molecular flexibility index (Phi) is 3.50. The Balaban J connectivity index is 1.17. The monoisotopic (exact) mass is 339 g/mol. The van der Waals surface area contributed by atoms with Crippen molar-refractivity contribution in [2.24, 2.45) is 11.8 Å². The maximum Gasteiger partial charge on any atom is 0.317 e. The van der Waals surface area contributed by atoms with Crippen molar-refractivity contribution in [2.45, 2.75) is 37.6 Å². The minimum absolute atomic E-state index is 0.0533. The van der Waals surface area contributed by atoms with Gasteiger partial charge in [0.1, 0.15) is 0 Å². The average molecular weight is 339 g/mol. The number of nitrogens with one attached hydrogen (secondary N) is 1. The van der Waals surface area contributed by atoms with Crippen LogP contribution in [0.4, 0.5) is 4.79 Å². The smallest absolute Gasteiger partial charge is 0.317 e. The molecule has 3 aliphatic carbocycles. The Labute approximate surface area is 148 Å². The van der Waals surface area contributed by atoms with Crippen molar-refractivity contribution in [2.75, 3.05) is 26.2 Å². The van der Waals surface area contributed by atoms with E-state index in [2.05, 4.69) is 29.6 Å². The van der Waals surface area contributed by atoms with Gasteiger partial charge in [-0.3, -0.25) is 4.79 Å². The number of hydrogen-bond donors (Lipinski definition) is 1. The van der Waals surface area contributed by atoms with Crippen molar-refractivity contribution < 1.29 is 9.59 Å². The van der Waals surface area contributed by atoms with Crippen LogP contribution in [-0.4, -0.2) is 54.0 Å². The Morgan fingerprint density at radius 3 is 2.60 bits per heavy atom. The van der Waals surface area contributed by atoms with E-state index in [1.54, 1.807) is 0 Å². The van der Waals surface area contributed by atoms with Crippen molar-refractivity contribution in [1.82, 2.24) is 15.1 Å². The zero-order chi connectivity index (χ0) is 17.0. The zero-order valence-electron chi connectivity index (χ0n) is 14.5. The van der Waals surface area contributed by atoms with E-state index in [1.807, 2.05) is 9.80 Å². The third-order valence-corrected chi connectivity index (χ3v) is 6.35. The number of amides is 3. The van der Waals surface area contributed by atoms with Crippen molar-refractivity contribution in [1.29, 1.82) is 0 Å². The second-order valence-corrected chi connectivity index (χ2v) is 8.01. The molecule has 0 unspecified atom stereocenters. The predicted molar refractivity (Wildman–Crippen MR) is 94.2 cm³/mol. The molecule has 3 fully saturated rings. The SMILES string of the molecule is O=C(N[C@@H]1[C@@H]2Cc3ccccc3[C@H]21)N1CCCN(C(=O)C2CC2)CC1. The first-order valence-corrected chi connectivity index (χ1v) is 9.64. The molecule has 5 nitrogen and oxygen atoms in total. The molecule has 1 saturated heterocycles. The topological polar surface area (TPSA) is 52.7 Å². The van der Waals surface area contributed by atoms with Gasteiger partial charge in [-0.25, -0.2) is 4.79 Å². The van der Waals surface area contributed by atoms with Gasteiger partial charge in [-0.2, -0.15) is 0 Å². The summed E-state index contributed by atoms with van der Waals surface area (Å²) in [6.07, 6.45) is 4.07. The molecule has 3 atom stereocenters. The zero-order valence-corrected chi connectivity index (χ0v) is 14.5. The number of carbonyl (C=O) groups is 2. The maximum absolute atomic E-state index is 12.7. The summed E-state index contributed by atoms with van der Waals surface area (Å²) in [5, 5.41) is 3.26. The summed E-state index contributed by atoms with van der Waals surface area (Å²) in [5.41, 5.74) is 2.88. The minimum atomic E-state index is 0.0533. The molecule has 3 amide bonds. The lowest BCUT2D eigenvalue weighted by Gasteiger charge is -2.23. The van der Waals surface area contributed by atoms with E-state index in [4.69, 9.17) is 0 Å². The van der Waals surface area contributed by atoms with Crippen LogP contribution >= 0.6 is 0 Å². The number of benzene rings is 1. The molecule has 5 rings (SSSR count). The van der Waals surface area contributed by atoms with Crippen LogP contribution in [0.15, 0.2) is 24.3 Å². The Hall–Kier alpha value is -2.04. The van der Waals surface area contributed by atoms with Crippen molar-refractivity contribution in [3.63, 3.8) is 0 Å². The molecule has 0 radical (unpaired) electrons. The normalized spacial score (nSPS) is 30.3. The Bertz CT molecular complexity index is 715. The quantitative estimate of drug-likeness (QED) is 0.896. The van der Waals surface area contributed by atoms with Gasteiger partial charge >= 0.3 is 6.03 Å². The van der Waals surface area contributed by atoms with E-state index < -0.39 is 0 Å². The number of urea groups is 1. The molecule has 1 aromatic carbocycles. The number of fused-ring (bicyclic) bond motifs is 3. The highest BCUT2D eigenvalue weighted by molar-refractivity contribution is 5.81. The van der Waals surface area contributed by atoms with Crippen LogP contribution in [0.3, 0.4) is 0 Å².